The zero-order valence-corrected chi connectivity index (χ0v) is 12.1. The lowest BCUT2D eigenvalue weighted by atomic mass is 10.0. The van der Waals surface area contributed by atoms with Crippen molar-refractivity contribution in [1.29, 1.82) is 0 Å². The molecule has 0 saturated heterocycles. The fraction of sp³-hybridized carbons (Fsp3) is 0.333. The largest absolute Gasteiger partial charge is 0.416 e. The Bertz CT molecular complexity index is 584. The van der Waals surface area contributed by atoms with Crippen LogP contribution < -0.4 is 5.73 Å². The molecule has 1 aromatic heterocycles. The molecule has 0 aliphatic rings. The van der Waals surface area contributed by atoms with Crippen LogP contribution in [-0.4, -0.2) is 0 Å². The van der Waals surface area contributed by atoms with E-state index >= 15 is 0 Å². The van der Waals surface area contributed by atoms with E-state index in [1.54, 1.807) is 11.3 Å². The Morgan fingerprint density at radius 3 is 2.20 bits per heavy atom. The van der Waals surface area contributed by atoms with Crippen molar-refractivity contribution < 1.29 is 13.2 Å². The second kappa shape index (κ2) is 5.58. The molecule has 1 unspecified atom stereocenters. The Kier molecular flexibility index (Phi) is 4.20. The van der Waals surface area contributed by atoms with Crippen LogP contribution in [0.4, 0.5) is 13.2 Å². The van der Waals surface area contributed by atoms with Crippen LogP contribution in [-0.2, 0) is 12.6 Å². The second-order valence-corrected chi connectivity index (χ2v) is 6.20. The number of halogens is 3. The zero-order chi connectivity index (χ0) is 14.9. The minimum Gasteiger partial charge on any atom is -0.323 e. The van der Waals surface area contributed by atoms with E-state index in [0.29, 0.717) is 6.42 Å². The number of hydrogen-bond donors (Lipinski definition) is 1. The van der Waals surface area contributed by atoms with Gasteiger partial charge in [-0.25, -0.2) is 0 Å². The average molecular weight is 299 g/mol. The van der Waals surface area contributed by atoms with E-state index in [4.69, 9.17) is 5.73 Å². The van der Waals surface area contributed by atoms with Crippen LogP contribution in [0, 0.1) is 13.8 Å². The van der Waals surface area contributed by atoms with Gasteiger partial charge in [-0.15, -0.1) is 11.3 Å². The molecule has 0 saturated carbocycles. The number of nitrogens with two attached hydrogens (primary N) is 1. The summed E-state index contributed by atoms with van der Waals surface area (Å²) in [6, 6.07) is 7.11. The molecule has 1 atom stereocenters. The Hall–Kier alpha value is -1.33. The second-order valence-electron chi connectivity index (χ2n) is 4.91. The highest BCUT2D eigenvalue weighted by Gasteiger charge is 2.30. The van der Waals surface area contributed by atoms with E-state index < -0.39 is 11.7 Å². The molecular formula is C15H16F3NS. The third-order valence-corrected chi connectivity index (χ3v) is 4.44. The highest BCUT2D eigenvalue weighted by molar-refractivity contribution is 7.12. The maximum Gasteiger partial charge on any atom is 0.416 e. The monoisotopic (exact) mass is 299 g/mol. The summed E-state index contributed by atoms with van der Waals surface area (Å²) in [5.74, 6) is 0. The first-order chi connectivity index (χ1) is 9.27. The zero-order valence-electron chi connectivity index (χ0n) is 11.3. The van der Waals surface area contributed by atoms with Crippen molar-refractivity contribution in [3.63, 3.8) is 0 Å². The van der Waals surface area contributed by atoms with Crippen LogP contribution in [0.5, 0.6) is 0 Å². The van der Waals surface area contributed by atoms with Gasteiger partial charge in [-0.05, 0) is 49.6 Å². The van der Waals surface area contributed by atoms with Gasteiger partial charge in [0.1, 0.15) is 0 Å². The van der Waals surface area contributed by atoms with Gasteiger partial charge in [-0.3, -0.25) is 0 Å². The fourth-order valence-electron chi connectivity index (χ4n) is 2.20. The van der Waals surface area contributed by atoms with Gasteiger partial charge in [0.2, 0.25) is 0 Å². The van der Waals surface area contributed by atoms with Crippen molar-refractivity contribution in [2.45, 2.75) is 32.5 Å². The molecular weight excluding hydrogens is 283 g/mol. The van der Waals surface area contributed by atoms with Crippen molar-refractivity contribution >= 4 is 11.3 Å². The smallest absolute Gasteiger partial charge is 0.323 e. The normalized spacial score (nSPS) is 13.5. The maximum atomic E-state index is 12.5. The average Bonchev–Trinajstić information content (AvgIpc) is 2.68. The summed E-state index contributed by atoms with van der Waals surface area (Å²) < 4.78 is 37.4. The van der Waals surface area contributed by atoms with Gasteiger partial charge in [0, 0.05) is 15.8 Å². The topological polar surface area (TPSA) is 26.0 Å². The van der Waals surface area contributed by atoms with Crippen molar-refractivity contribution in [3.8, 4) is 0 Å². The first-order valence-electron chi connectivity index (χ1n) is 6.26. The van der Waals surface area contributed by atoms with Gasteiger partial charge in [0.05, 0.1) is 5.56 Å². The van der Waals surface area contributed by atoms with Crippen LogP contribution >= 0.6 is 11.3 Å². The van der Waals surface area contributed by atoms with E-state index in [-0.39, 0.29) is 6.04 Å². The van der Waals surface area contributed by atoms with Crippen LogP contribution in [0.1, 0.15) is 32.5 Å². The SMILES string of the molecule is Cc1cc(C)c(C(N)Cc2ccc(C(F)(F)F)cc2)s1. The summed E-state index contributed by atoms with van der Waals surface area (Å²) >= 11 is 1.64. The lowest BCUT2D eigenvalue weighted by molar-refractivity contribution is -0.137. The van der Waals surface area contributed by atoms with Crippen molar-refractivity contribution in [1.82, 2.24) is 0 Å². The number of rotatable bonds is 3. The summed E-state index contributed by atoms with van der Waals surface area (Å²) in [4.78, 5) is 2.29. The lowest BCUT2D eigenvalue weighted by Crippen LogP contribution is -2.13. The highest BCUT2D eigenvalue weighted by atomic mass is 32.1. The molecule has 0 fully saturated rings. The Balaban J connectivity index is 2.12. The molecule has 2 N–H and O–H groups in total. The molecule has 20 heavy (non-hydrogen) atoms. The molecule has 1 aromatic carbocycles. The first-order valence-corrected chi connectivity index (χ1v) is 7.07. The lowest BCUT2D eigenvalue weighted by Gasteiger charge is -2.12. The van der Waals surface area contributed by atoms with Gasteiger partial charge in [-0.1, -0.05) is 12.1 Å². The molecule has 5 heteroatoms. The third-order valence-electron chi connectivity index (χ3n) is 3.15. The van der Waals surface area contributed by atoms with Gasteiger partial charge in [0.15, 0.2) is 0 Å². The highest BCUT2D eigenvalue weighted by Crippen LogP contribution is 2.31. The molecule has 0 aliphatic carbocycles. The molecule has 0 spiro atoms. The third kappa shape index (κ3) is 3.41. The summed E-state index contributed by atoms with van der Waals surface area (Å²) in [6.45, 7) is 4.03. The molecule has 2 rings (SSSR count). The molecule has 1 heterocycles. The van der Waals surface area contributed by atoms with Crippen LogP contribution in [0.15, 0.2) is 30.3 Å². The summed E-state index contributed by atoms with van der Waals surface area (Å²) in [5.41, 5.74) is 7.49. The predicted molar refractivity (Wildman–Crippen MR) is 75.9 cm³/mol. The number of alkyl halides is 3. The summed E-state index contributed by atoms with van der Waals surface area (Å²) in [6.07, 6.45) is -3.75. The quantitative estimate of drug-likeness (QED) is 0.879. The number of aryl methyl sites for hydroxylation is 2. The molecule has 0 aliphatic heterocycles. The fourth-order valence-corrected chi connectivity index (χ4v) is 3.24. The van der Waals surface area contributed by atoms with Crippen molar-refractivity contribution in [2.75, 3.05) is 0 Å². The van der Waals surface area contributed by atoms with E-state index in [1.807, 2.05) is 13.8 Å². The Morgan fingerprint density at radius 1 is 1.15 bits per heavy atom. The van der Waals surface area contributed by atoms with Gasteiger partial charge in [-0.2, -0.15) is 13.2 Å². The van der Waals surface area contributed by atoms with E-state index in [9.17, 15) is 13.2 Å². The van der Waals surface area contributed by atoms with Crippen LogP contribution in [0.25, 0.3) is 0 Å². The molecule has 0 bridgehead atoms. The molecule has 108 valence electrons. The van der Waals surface area contributed by atoms with Gasteiger partial charge < -0.3 is 5.73 Å². The minimum absolute atomic E-state index is 0.176. The Morgan fingerprint density at radius 2 is 1.75 bits per heavy atom. The summed E-state index contributed by atoms with van der Waals surface area (Å²) in [5, 5.41) is 0. The first kappa shape index (κ1) is 15.1. The van der Waals surface area contributed by atoms with Gasteiger partial charge in [0.25, 0.3) is 0 Å². The van der Waals surface area contributed by atoms with E-state index in [2.05, 4.69) is 6.07 Å². The van der Waals surface area contributed by atoms with Crippen LogP contribution in [0.2, 0.25) is 0 Å². The number of thiophene rings is 1. The van der Waals surface area contributed by atoms with Crippen molar-refractivity contribution in [2.24, 2.45) is 5.73 Å². The van der Waals surface area contributed by atoms with Crippen molar-refractivity contribution in [3.05, 3.63) is 56.8 Å². The molecule has 0 radical (unpaired) electrons. The predicted octanol–water partition coefficient (Wildman–Crippen LogP) is 4.63. The number of hydrogen-bond acceptors (Lipinski definition) is 2. The van der Waals surface area contributed by atoms with E-state index in [0.717, 1.165) is 28.1 Å². The maximum absolute atomic E-state index is 12.5. The van der Waals surface area contributed by atoms with Gasteiger partial charge >= 0.3 is 6.18 Å². The number of benzene rings is 1. The Labute approximate surface area is 120 Å². The molecule has 2 aromatic rings. The summed E-state index contributed by atoms with van der Waals surface area (Å²) in [7, 11) is 0. The standard InChI is InChI=1S/C15H16F3NS/c1-9-7-10(2)20-14(9)13(19)8-11-3-5-12(6-4-11)15(16,17)18/h3-7,13H,8,19H2,1-2H3. The molecule has 1 nitrogen and oxygen atoms in total. The van der Waals surface area contributed by atoms with E-state index in [1.165, 1.54) is 17.0 Å². The van der Waals surface area contributed by atoms with Crippen LogP contribution in [0.3, 0.4) is 0 Å². The molecule has 0 amide bonds. The minimum atomic E-state index is -4.29.